The molecule has 1 heterocycles. The normalized spacial score (nSPS) is 13.2. The van der Waals surface area contributed by atoms with Crippen molar-refractivity contribution in [3.05, 3.63) is 59.2 Å². The minimum absolute atomic E-state index is 0.486. The molecule has 1 atom stereocenters. The van der Waals surface area contributed by atoms with E-state index < -0.39 is 17.8 Å². The summed E-state index contributed by atoms with van der Waals surface area (Å²) in [6.07, 6.45) is -1.45. The molecule has 0 aliphatic carbocycles. The van der Waals surface area contributed by atoms with Crippen LogP contribution in [0.5, 0.6) is 0 Å². The van der Waals surface area contributed by atoms with Crippen LogP contribution in [0.3, 0.4) is 0 Å². The lowest BCUT2D eigenvalue weighted by Crippen LogP contribution is -2.30. The molecule has 0 saturated carbocycles. The van der Waals surface area contributed by atoms with E-state index in [0.717, 1.165) is 12.1 Å². The van der Waals surface area contributed by atoms with Gasteiger partial charge in [-0.2, -0.15) is 13.2 Å². The van der Waals surface area contributed by atoms with Crippen LogP contribution in [-0.4, -0.2) is 9.97 Å². The van der Waals surface area contributed by atoms with Crippen molar-refractivity contribution < 1.29 is 13.2 Å². The third-order valence-electron chi connectivity index (χ3n) is 2.98. The van der Waals surface area contributed by atoms with E-state index in [9.17, 15) is 13.2 Å². The van der Waals surface area contributed by atoms with Gasteiger partial charge in [0.05, 0.1) is 17.3 Å². The molecular weight excluding hydrogens is 269 g/mol. The van der Waals surface area contributed by atoms with Gasteiger partial charge in [-0.05, 0) is 36.2 Å². The van der Waals surface area contributed by atoms with Crippen LogP contribution in [0.4, 0.5) is 13.2 Å². The number of rotatable bonds is 3. The number of aryl methyl sites for hydroxylation is 1. The van der Waals surface area contributed by atoms with E-state index in [2.05, 4.69) is 15.4 Å². The monoisotopic (exact) mass is 282 g/mol. The maximum atomic E-state index is 12.6. The van der Waals surface area contributed by atoms with Gasteiger partial charge in [0.25, 0.3) is 0 Å². The van der Waals surface area contributed by atoms with E-state index in [0.29, 0.717) is 16.8 Å². The quantitative estimate of drug-likeness (QED) is 0.670. The number of hydrogen-bond acceptors (Lipinski definition) is 4. The molecule has 20 heavy (non-hydrogen) atoms. The second kappa shape index (κ2) is 5.56. The predicted molar refractivity (Wildman–Crippen MR) is 67.4 cm³/mol. The summed E-state index contributed by atoms with van der Waals surface area (Å²) in [5.41, 5.74) is 3.59. The van der Waals surface area contributed by atoms with Crippen LogP contribution < -0.4 is 11.3 Å². The number of benzene rings is 1. The molecule has 7 heteroatoms. The molecule has 2 rings (SSSR count). The number of alkyl halides is 3. The highest BCUT2D eigenvalue weighted by molar-refractivity contribution is 5.37. The average molecular weight is 282 g/mol. The predicted octanol–water partition coefficient (Wildman–Crippen LogP) is 2.36. The van der Waals surface area contributed by atoms with Crippen LogP contribution in [-0.2, 0) is 6.18 Å². The number of halogens is 3. The third kappa shape index (κ3) is 2.94. The first-order valence-electron chi connectivity index (χ1n) is 5.83. The van der Waals surface area contributed by atoms with Crippen molar-refractivity contribution in [3.63, 3.8) is 0 Å². The Morgan fingerprint density at radius 2 is 2.00 bits per heavy atom. The van der Waals surface area contributed by atoms with Crippen LogP contribution in [0.2, 0.25) is 0 Å². The largest absolute Gasteiger partial charge is 0.416 e. The number of hydrogen-bond donors (Lipinski definition) is 2. The summed E-state index contributed by atoms with van der Waals surface area (Å²) in [6, 6.07) is 4.71. The van der Waals surface area contributed by atoms with E-state index >= 15 is 0 Å². The van der Waals surface area contributed by atoms with Gasteiger partial charge in [0, 0.05) is 6.20 Å². The molecule has 1 aromatic carbocycles. The van der Waals surface area contributed by atoms with Crippen molar-refractivity contribution in [1.29, 1.82) is 0 Å². The Kier molecular flexibility index (Phi) is 4.01. The molecule has 1 aromatic heterocycles. The minimum atomic E-state index is -4.36. The Morgan fingerprint density at radius 1 is 1.25 bits per heavy atom. The average Bonchev–Trinajstić information content (AvgIpc) is 2.41. The molecule has 1 unspecified atom stereocenters. The third-order valence-corrected chi connectivity index (χ3v) is 2.98. The highest BCUT2D eigenvalue weighted by atomic mass is 19.4. The molecular formula is C13H13F3N4. The molecule has 3 N–H and O–H groups in total. The zero-order valence-corrected chi connectivity index (χ0v) is 10.6. The number of nitrogens with one attached hydrogen (secondary N) is 1. The van der Waals surface area contributed by atoms with Crippen molar-refractivity contribution in [2.75, 3.05) is 0 Å². The molecule has 0 saturated heterocycles. The first-order chi connectivity index (χ1) is 9.43. The maximum Gasteiger partial charge on any atom is 0.416 e. The van der Waals surface area contributed by atoms with Gasteiger partial charge in [-0.3, -0.25) is 5.84 Å². The fourth-order valence-electron chi connectivity index (χ4n) is 1.98. The Hall–Kier alpha value is -1.99. The molecule has 0 amide bonds. The molecule has 106 valence electrons. The molecule has 0 spiro atoms. The summed E-state index contributed by atoms with van der Waals surface area (Å²) in [6.45, 7) is 1.61. The smallest absolute Gasteiger partial charge is 0.271 e. The number of hydrazine groups is 1. The van der Waals surface area contributed by atoms with Gasteiger partial charge >= 0.3 is 6.18 Å². The van der Waals surface area contributed by atoms with Crippen molar-refractivity contribution >= 4 is 0 Å². The molecule has 0 bridgehead atoms. The van der Waals surface area contributed by atoms with Crippen LogP contribution in [0.15, 0.2) is 36.8 Å². The first-order valence-corrected chi connectivity index (χ1v) is 5.83. The van der Waals surface area contributed by atoms with Crippen LogP contribution >= 0.6 is 0 Å². The van der Waals surface area contributed by atoms with Crippen molar-refractivity contribution in [1.82, 2.24) is 15.4 Å². The van der Waals surface area contributed by atoms with Crippen molar-refractivity contribution in [3.8, 4) is 0 Å². The lowest BCUT2D eigenvalue weighted by Gasteiger charge is -2.19. The highest BCUT2D eigenvalue weighted by Crippen LogP contribution is 2.32. The topological polar surface area (TPSA) is 63.8 Å². The summed E-state index contributed by atoms with van der Waals surface area (Å²) in [7, 11) is 0. The van der Waals surface area contributed by atoms with Crippen LogP contribution in [0.25, 0.3) is 0 Å². The fourth-order valence-corrected chi connectivity index (χ4v) is 1.98. The molecule has 0 fully saturated rings. The lowest BCUT2D eigenvalue weighted by atomic mass is 9.97. The summed E-state index contributed by atoms with van der Waals surface area (Å²) in [5, 5.41) is 0. The summed E-state index contributed by atoms with van der Waals surface area (Å²) < 4.78 is 37.9. The van der Waals surface area contributed by atoms with Gasteiger partial charge in [-0.1, -0.05) is 6.07 Å². The van der Waals surface area contributed by atoms with Gasteiger partial charge in [0.2, 0.25) is 0 Å². The Bertz CT molecular complexity index is 584. The zero-order chi connectivity index (χ0) is 14.8. The van der Waals surface area contributed by atoms with Crippen molar-refractivity contribution in [2.45, 2.75) is 19.1 Å². The van der Waals surface area contributed by atoms with Crippen LogP contribution in [0, 0.1) is 6.92 Å². The Balaban J connectivity index is 2.42. The second-order valence-corrected chi connectivity index (χ2v) is 4.30. The van der Waals surface area contributed by atoms with E-state index in [-0.39, 0.29) is 0 Å². The fraction of sp³-hybridized carbons (Fsp3) is 0.231. The number of aromatic nitrogens is 2. The van der Waals surface area contributed by atoms with Gasteiger partial charge in [0.15, 0.2) is 0 Å². The Labute approximate surface area is 113 Å². The van der Waals surface area contributed by atoms with Gasteiger partial charge in [0.1, 0.15) is 6.33 Å². The molecule has 0 aliphatic rings. The molecule has 2 aromatic rings. The summed E-state index contributed by atoms with van der Waals surface area (Å²) >= 11 is 0. The van der Waals surface area contributed by atoms with Crippen LogP contribution in [0.1, 0.15) is 28.4 Å². The molecule has 0 aliphatic heterocycles. The maximum absolute atomic E-state index is 12.6. The van der Waals surface area contributed by atoms with E-state index in [4.69, 9.17) is 5.84 Å². The summed E-state index contributed by atoms with van der Waals surface area (Å²) in [4.78, 5) is 7.86. The van der Waals surface area contributed by atoms with Gasteiger partial charge < -0.3 is 0 Å². The second-order valence-electron chi connectivity index (χ2n) is 4.30. The molecule has 0 radical (unpaired) electrons. The zero-order valence-electron chi connectivity index (χ0n) is 10.6. The van der Waals surface area contributed by atoms with Crippen molar-refractivity contribution in [2.24, 2.45) is 5.84 Å². The van der Waals surface area contributed by atoms with E-state index in [1.165, 1.54) is 12.4 Å². The van der Waals surface area contributed by atoms with Gasteiger partial charge in [-0.15, -0.1) is 0 Å². The number of nitrogens with zero attached hydrogens (tertiary/aromatic N) is 2. The molecule has 4 nitrogen and oxygen atoms in total. The minimum Gasteiger partial charge on any atom is -0.271 e. The highest BCUT2D eigenvalue weighted by Gasteiger charge is 2.31. The first kappa shape index (κ1) is 14.4. The summed E-state index contributed by atoms with van der Waals surface area (Å²) in [5.74, 6) is 5.50. The Morgan fingerprint density at radius 3 is 2.50 bits per heavy atom. The number of nitrogens with two attached hydrogens (primary N) is 1. The standard InChI is InChI=1S/C13H13F3N4/c1-8-6-9(13(14,15)16)2-3-10(8)12(20-17)11-4-5-18-7-19-11/h2-7,12,20H,17H2,1H3. The van der Waals surface area contributed by atoms with Gasteiger partial charge in [-0.25, -0.2) is 15.4 Å². The van der Waals surface area contributed by atoms with E-state index in [1.54, 1.807) is 19.2 Å². The van der Waals surface area contributed by atoms with E-state index in [1.807, 2.05) is 0 Å². The lowest BCUT2D eigenvalue weighted by molar-refractivity contribution is -0.137. The SMILES string of the molecule is Cc1cc(C(F)(F)F)ccc1C(NN)c1ccncn1.